The minimum absolute atomic E-state index is 0.0798. The second kappa shape index (κ2) is 4.92. The van der Waals surface area contributed by atoms with Crippen molar-refractivity contribution in [3.63, 3.8) is 0 Å². The molecule has 4 unspecified atom stereocenters. The number of imide groups is 1. The first-order valence-corrected chi connectivity index (χ1v) is 8.70. The van der Waals surface area contributed by atoms with Crippen LogP contribution in [-0.4, -0.2) is 25.3 Å². The third kappa shape index (κ3) is 2.24. The predicted octanol–water partition coefficient (Wildman–Crippen LogP) is 1.74. The van der Waals surface area contributed by atoms with Crippen LogP contribution in [0.5, 0.6) is 0 Å². The highest BCUT2D eigenvalue weighted by Crippen LogP contribution is 2.57. The van der Waals surface area contributed by atoms with Crippen molar-refractivity contribution in [2.75, 3.05) is 0 Å². The van der Waals surface area contributed by atoms with Crippen molar-refractivity contribution in [2.45, 2.75) is 11.1 Å². The van der Waals surface area contributed by atoms with Crippen molar-refractivity contribution in [3.8, 4) is 0 Å². The van der Waals surface area contributed by atoms with Crippen LogP contribution in [0.15, 0.2) is 41.3 Å². The summed E-state index contributed by atoms with van der Waals surface area (Å²) in [5.74, 6) is -2.88. The number of hydroxylamine groups is 2. The van der Waals surface area contributed by atoms with E-state index in [2.05, 4.69) is 4.28 Å². The van der Waals surface area contributed by atoms with Gasteiger partial charge in [0.25, 0.3) is 11.8 Å². The number of allylic oxidation sites excluding steroid dienone is 2. The van der Waals surface area contributed by atoms with E-state index in [1.165, 1.54) is 0 Å². The second-order valence-electron chi connectivity index (χ2n) is 6.11. The van der Waals surface area contributed by atoms with Crippen molar-refractivity contribution in [1.29, 1.82) is 0 Å². The van der Waals surface area contributed by atoms with Gasteiger partial charge in [-0.05, 0) is 36.1 Å². The van der Waals surface area contributed by atoms with Gasteiger partial charge in [0.2, 0.25) is 0 Å². The van der Waals surface area contributed by atoms with E-state index >= 15 is 0 Å². The number of hydrogen-bond acceptors (Lipinski definition) is 5. The number of benzene rings is 1. The highest BCUT2D eigenvalue weighted by molar-refractivity contribution is 7.86. The minimum atomic E-state index is -4.62. The van der Waals surface area contributed by atoms with Crippen molar-refractivity contribution >= 4 is 21.9 Å². The van der Waals surface area contributed by atoms with Crippen LogP contribution < -0.4 is 0 Å². The standard InChI is InChI=1S/C15H10F3NO5S/c16-15(17,18)7-1-3-8(4-2-7)25(22,23)24-19-13(20)11-9-5-6-10(9)12(11)14(19)21/h1-6,9-12H. The van der Waals surface area contributed by atoms with Crippen LogP contribution in [0.2, 0.25) is 0 Å². The number of carbonyl (C=O) groups excluding carboxylic acids is 2. The quantitative estimate of drug-likeness (QED) is 0.596. The summed E-state index contributed by atoms with van der Waals surface area (Å²) in [5, 5.41) is 0.225. The molecule has 1 saturated heterocycles. The number of nitrogens with zero attached hydrogens (tertiary/aromatic N) is 1. The molecule has 2 aliphatic carbocycles. The molecule has 4 atom stereocenters. The highest BCUT2D eigenvalue weighted by atomic mass is 32.2. The van der Waals surface area contributed by atoms with Crippen LogP contribution in [0.4, 0.5) is 13.2 Å². The molecule has 1 saturated carbocycles. The average molecular weight is 373 g/mol. The second-order valence-corrected chi connectivity index (χ2v) is 7.64. The smallest absolute Gasteiger partial charge is 0.272 e. The Labute approximate surface area is 139 Å². The van der Waals surface area contributed by atoms with E-state index in [0.29, 0.717) is 24.3 Å². The summed E-state index contributed by atoms with van der Waals surface area (Å²) in [4.78, 5) is 23.8. The summed E-state index contributed by atoms with van der Waals surface area (Å²) in [6.07, 6.45) is -1.05. The summed E-state index contributed by atoms with van der Waals surface area (Å²) >= 11 is 0. The SMILES string of the molecule is O=C1C2C3C=CC3C2C(=O)N1OS(=O)(=O)c1ccc(C(F)(F)F)cc1. The topological polar surface area (TPSA) is 80.8 Å². The number of halogens is 3. The largest absolute Gasteiger partial charge is 0.416 e. The van der Waals surface area contributed by atoms with Gasteiger partial charge in [-0.25, -0.2) is 0 Å². The van der Waals surface area contributed by atoms with Crippen molar-refractivity contribution in [2.24, 2.45) is 23.7 Å². The van der Waals surface area contributed by atoms with E-state index in [0.717, 1.165) is 0 Å². The highest BCUT2D eigenvalue weighted by Gasteiger charge is 2.66. The zero-order valence-corrected chi connectivity index (χ0v) is 13.1. The van der Waals surface area contributed by atoms with Gasteiger partial charge in [0.05, 0.1) is 22.3 Å². The Balaban J connectivity index is 1.56. The van der Waals surface area contributed by atoms with Crippen molar-refractivity contribution in [3.05, 3.63) is 42.0 Å². The van der Waals surface area contributed by atoms with E-state index in [4.69, 9.17) is 0 Å². The molecule has 1 aliphatic heterocycles. The maximum atomic E-state index is 12.5. The molecular weight excluding hydrogens is 363 g/mol. The zero-order valence-electron chi connectivity index (χ0n) is 12.3. The van der Waals surface area contributed by atoms with Gasteiger partial charge in [-0.1, -0.05) is 12.2 Å². The Hall–Kier alpha value is -2.20. The molecule has 3 aliphatic rings. The molecule has 0 bridgehead atoms. The van der Waals surface area contributed by atoms with Gasteiger partial charge in [-0.2, -0.15) is 21.6 Å². The molecule has 6 nitrogen and oxygen atoms in total. The first-order valence-electron chi connectivity index (χ1n) is 7.29. The van der Waals surface area contributed by atoms with Gasteiger partial charge < -0.3 is 0 Å². The van der Waals surface area contributed by atoms with Crippen LogP contribution in [0, 0.1) is 23.7 Å². The lowest BCUT2D eigenvalue weighted by Gasteiger charge is -2.47. The monoisotopic (exact) mass is 373 g/mol. The summed E-state index contributed by atoms with van der Waals surface area (Å²) in [6, 6.07) is 2.58. The number of alkyl halides is 3. The van der Waals surface area contributed by atoms with E-state index in [1.807, 2.05) is 0 Å². The molecule has 1 aromatic rings. The third-order valence-corrected chi connectivity index (χ3v) is 6.02. The summed E-state index contributed by atoms with van der Waals surface area (Å²) in [7, 11) is -4.61. The molecule has 1 heterocycles. The first kappa shape index (κ1) is 16.3. The average Bonchev–Trinajstić information content (AvgIpc) is 2.70. The Morgan fingerprint density at radius 3 is 1.80 bits per heavy atom. The molecule has 25 heavy (non-hydrogen) atoms. The molecule has 2 amide bonds. The molecule has 1 aromatic carbocycles. The zero-order chi connectivity index (χ0) is 18.1. The van der Waals surface area contributed by atoms with Gasteiger partial charge >= 0.3 is 16.3 Å². The van der Waals surface area contributed by atoms with E-state index in [1.54, 1.807) is 12.2 Å². The molecule has 0 N–H and O–H groups in total. The number of carbonyl (C=O) groups is 2. The first-order chi connectivity index (χ1) is 11.6. The summed E-state index contributed by atoms with van der Waals surface area (Å²) < 4.78 is 66.6. The fraction of sp³-hybridized carbons (Fsp3) is 0.333. The van der Waals surface area contributed by atoms with Crippen LogP contribution >= 0.6 is 0 Å². The lowest BCUT2D eigenvalue weighted by Crippen LogP contribution is -2.50. The molecule has 10 heteroatoms. The summed E-state index contributed by atoms with van der Waals surface area (Å²) in [5.41, 5.74) is -1.03. The molecule has 4 rings (SSSR count). The lowest BCUT2D eigenvalue weighted by molar-refractivity contribution is -0.165. The van der Waals surface area contributed by atoms with Gasteiger partial charge in [0.15, 0.2) is 0 Å². The number of fused-ring (bicyclic) bond motifs is 4. The van der Waals surface area contributed by atoms with Crippen LogP contribution in [0.1, 0.15) is 5.56 Å². The van der Waals surface area contributed by atoms with E-state index < -0.39 is 50.4 Å². The Kier molecular flexibility index (Phi) is 3.20. The van der Waals surface area contributed by atoms with Crippen LogP contribution in [0.3, 0.4) is 0 Å². The molecule has 0 spiro atoms. The van der Waals surface area contributed by atoms with Crippen LogP contribution in [0.25, 0.3) is 0 Å². The Morgan fingerprint density at radius 2 is 1.40 bits per heavy atom. The number of amides is 2. The number of hydrogen-bond donors (Lipinski definition) is 0. The normalized spacial score (nSPS) is 30.6. The fourth-order valence-corrected chi connectivity index (χ4v) is 4.36. The Bertz CT molecular complexity index is 876. The van der Waals surface area contributed by atoms with Crippen LogP contribution in [-0.2, 0) is 30.2 Å². The molecule has 132 valence electrons. The molecular formula is C15H10F3NO5S. The minimum Gasteiger partial charge on any atom is -0.272 e. The van der Waals surface area contributed by atoms with Gasteiger partial charge in [0, 0.05) is 0 Å². The van der Waals surface area contributed by atoms with Crippen molar-refractivity contribution in [1.82, 2.24) is 5.06 Å². The van der Waals surface area contributed by atoms with E-state index in [9.17, 15) is 31.2 Å². The molecule has 0 radical (unpaired) electrons. The predicted molar refractivity (Wildman–Crippen MR) is 74.7 cm³/mol. The Morgan fingerprint density at radius 1 is 0.920 bits per heavy atom. The maximum absolute atomic E-state index is 12.5. The molecule has 0 aromatic heterocycles. The third-order valence-electron chi connectivity index (χ3n) is 4.83. The van der Waals surface area contributed by atoms with Gasteiger partial charge in [0.1, 0.15) is 0 Å². The number of rotatable bonds is 3. The van der Waals surface area contributed by atoms with E-state index in [-0.39, 0.29) is 16.9 Å². The maximum Gasteiger partial charge on any atom is 0.416 e. The van der Waals surface area contributed by atoms with Crippen molar-refractivity contribution < 1.29 is 35.5 Å². The lowest BCUT2D eigenvalue weighted by atomic mass is 9.52. The van der Waals surface area contributed by atoms with Gasteiger partial charge in [-0.3, -0.25) is 9.59 Å². The summed E-state index contributed by atoms with van der Waals surface area (Å²) in [6.45, 7) is 0. The fourth-order valence-electron chi connectivity index (χ4n) is 3.46. The molecule has 2 fully saturated rings. The van der Waals surface area contributed by atoms with Gasteiger partial charge in [-0.15, -0.1) is 9.35 Å².